The number of hydrogen-bond acceptors (Lipinski definition) is 3. The Labute approximate surface area is 138 Å². The monoisotopic (exact) mass is 331 g/mol. The lowest BCUT2D eigenvalue weighted by Gasteiger charge is -2.05. The van der Waals surface area contributed by atoms with Crippen LogP contribution in [0.15, 0.2) is 48.5 Å². The molecule has 3 aromatic carbocycles. The van der Waals surface area contributed by atoms with E-state index in [4.69, 9.17) is 13.0 Å². The number of hydrogen-bond donors (Lipinski definition) is 0. The molecule has 0 amide bonds. The summed E-state index contributed by atoms with van der Waals surface area (Å²) in [6, 6.07) is 17.7. The highest BCUT2D eigenvalue weighted by Crippen LogP contribution is 2.25. The molecular formula is C19H23O3S-. The molecule has 0 aliphatic rings. The average molecular weight is 331 g/mol. The fourth-order valence-corrected chi connectivity index (χ4v) is 2.30. The summed E-state index contributed by atoms with van der Waals surface area (Å²) in [5, 5.41) is 5.35. The second kappa shape index (κ2) is 8.09. The maximum absolute atomic E-state index is 9.08. The first-order chi connectivity index (χ1) is 10.7. The number of fused-ring (bicyclic) bond motifs is 2. The summed E-state index contributed by atoms with van der Waals surface area (Å²) in [6.07, 6.45) is 0.604. The van der Waals surface area contributed by atoms with Gasteiger partial charge in [0, 0.05) is 6.26 Å². The normalized spacial score (nSPS) is 10.5. The lowest BCUT2D eigenvalue weighted by atomic mass is 9.99. The van der Waals surface area contributed by atoms with Crippen LogP contribution in [-0.4, -0.2) is 19.2 Å². The Balaban J connectivity index is 0.000000327. The predicted octanol–water partition coefficient (Wildman–Crippen LogP) is 4.80. The third kappa shape index (κ3) is 6.00. The molecule has 0 aliphatic heterocycles. The molecule has 124 valence electrons. The Hall–Kier alpha value is -1.91. The third-order valence-corrected chi connectivity index (χ3v) is 3.21. The van der Waals surface area contributed by atoms with E-state index in [2.05, 4.69) is 62.4 Å². The van der Waals surface area contributed by atoms with Gasteiger partial charge in [-0.3, -0.25) is 0 Å². The van der Waals surface area contributed by atoms with Gasteiger partial charge in [0.05, 0.1) is 10.1 Å². The molecule has 0 aromatic heterocycles. The van der Waals surface area contributed by atoms with Crippen LogP contribution in [0, 0.1) is 13.8 Å². The summed E-state index contributed by atoms with van der Waals surface area (Å²) in [4.78, 5) is 0. The van der Waals surface area contributed by atoms with Crippen molar-refractivity contribution in [3.63, 3.8) is 0 Å². The van der Waals surface area contributed by atoms with Gasteiger partial charge in [0.1, 0.15) is 0 Å². The molecule has 23 heavy (non-hydrogen) atoms. The summed E-state index contributed by atoms with van der Waals surface area (Å²) in [6.45, 7) is 8.31. The molecule has 0 radical (unpaired) electrons. The van der Waals surface area contributed by atoms with Crippen molar-refractivity contribution in [2.45, 2.75) is 27.7 Å². The predicted molar refractivity (Wildman–Crippen MR) is 97.9 cm³/mol. The molecule has 0 atom stereocenters. The fraction of sp³-hybridized carbons (Fsp3) is 0.263. The van der Waals surface area contributed by atoms with E-state index in [9.17, 15) is 0 Å². The van der Waals surface area contributed by atoms with Gasteiger partial charge in [-0.05, 0) is 53.1 Å². The Morgan fingerprint density at radius 3 is 2.04 bits per heavy atom. The topological polar surface area (TPSA) is 57.2 Å². The van der Waals surface area contributed by atoms with Gasteiger partial charge in [-0.15, -0.1) is 0 Å². The van der Waals surface area contributed by atoms with Crippen LogP contribution < -0.4 is 0 Å². The molecule has 0 fully saturated rings. The largest absolute Gasteiger partial charge is 0.748 e. The van der Waals surface area contributed by atoms with Gasteiger partial charge in [-0.2, -0.15) is 0 Å². The van der Waals surface area contributed by atoms with E-state index in [1.807, 2.05) is 13.8 Å². The van der Waals surface area contributed by atoms with Crippen LogP contribution in [0.5, 0.6) is 0 Å². The molecule has 4 heteroatoms. The van der Waals surface area contributed by atoms with Gasteiger partial charge in [-0.1, -0.05) is 55.8 Å². The summed E-state index contributed by atoms with van der Waals surface area (Å²) in [7, 11) is -3.92. The van der Waals surface area contributed by atoms with Crippen LogP contribution in [0.1, 0.15) is 25.0 Å². The number of aryl methyl sites for hydroxylation is 2. The molecule has 3 rings (SSSR count). The maximum Gasteiger partial charge on any atom is 0.0916 e. The lowest BCUT2D eigenvalue weighted by Crippen LogP contribution is -1.88. The quantitative estimate of drug-likeness (QED) is 0.439. The first-order valence-electron chi connectivity index (χ1n) is 7.54. The van der Waals surface area contributed by atoms with Crippen LogP contribution >= 0.6 is 0 Å². The maximum atomic E-state index is 9.08. The Morgan fingerprint density at radius 1 is 0.826 bits per heavy atom. The SMILES string of the molecule is CC.CS(=O)(=O)[O-].Cc1ccc2cc3cccc(C)c3cc2c1. The van der Waals surface area contributed by atoms with Gasteiger partial charge in [0.2, 0.25) is 0 Å². The van der Waals surface area contributed by atoms with Crippen molar-refractivity contribution in [1.82, 2.24) is 0 Å². The van der Waals surface area contributed by atoms with E-state index >= 15 is 0 Å². The minimum absolute atomic E-state index is 0.604. The van der Waals surface area contributed by atoms with Crippen LogP contribution in [0.25, 0.3) is 21.5 Å². The third-order valence-electron chi connectivity index (χ3n) is 3.21. The van der Waals surface area contributed by atoms with Crippen molar-refractivity contribution in [2.24, 2.45) is 0 Å². The van der Waals surface area contributed by atoms with E-state index in [1.54, 1.807) is 0 Å². The van der Waals surface area contributed by atoms with E-state index in [0.717, 1.165) is 0 Å². The van der Waals surface area contributed by atoms with E-state index in [1.165, 1.54) is 32.7 Å². The lowest BCUT2D eigenvalue weighted by molar-refractivity contribution is 0.470. The van der Waals surface area contributed by atoms with Crippen LogP contribution in [0.2, 0.25) is 0 Å². The molecule has 0 unspecified atom stereocenters. The van der Waals surface area contributed by atoms with Crippen molar-refractivity contribution >= 4 is 31.7 Å². The van der Waals surface area contributed by atoms with E-state index in [0.29, 0.717) is 6.26 Å². The first kappa shape index (κ1) is 19.1. The zero-order chi connectivity index (χ0) is 17.6. The highest BCUT2D eigenvalue weighted by atomic mass is 32.2. The van der Waals surface area contributed by atoms with Crippen molar-refractivity contribution in [3.05, 3.63) is 59.7 Å². The second-order valence-electron chi connectivity index (χ2n) is 5.20. The van der Waals surface area contributed by atoms with Crippen LogP contribution in [0.4, 0.5) is 0 Å². The highest BCUT2D eigenvalue weighted by Gasteiger charge is 2.00. The Bertz CT molecular complexity index is 889. The standard InChI is InChI=1S/C16H14.C2H6.CH4O3S/c1-11-6-7-13-9-14-5-3-4-12(2)16(14)10-15(13)8-11;1-2;1-5(2,3)4/h3-10H,1-2H3;1-2H3;1H3,(H,2,3,4)/p-1. The molecule has 0 saturated carbocycles. The summed E-state index contributed by atoms with van der Waals surface area (Å²) in [5.41, 5.74) is 2.67. The minimum Gasteiger partial charge on any atom is -0.748 e. The number of benzene rings is 3. The molecule has 0 heterocycles. The van der Waals surface area contributed by atoms with Crippen molar-refractivity contribution in [2.75, 3.05) is 6.26 Å². The number of rotatable bonds is 0. The average Bonchev–Trinajstić information content (AvgIpc) is 2.46. The Kier molecular flexibility index (Phi) is 6.73. The van der Waals surface area contributed by atoms with Gasteiger partial charge < -0.3 is 4.55 Å². The van der Waals surface area contributed by atoms with Crippen LogP contribution in [0.3, 0.4) is 0 Å². The summed E-state index contributed by atoms with van der Waals surface area (Å²) >= 11 is 0. The zero-order valence-corrected chi connectivity index (χ0v) is 15.1. The van der Waals surface area contributed by atoms with E-state index < -0.39 is 10.1 Å². The van der Waals surface area contributed by atoms with E-state index in [-0.39, 0.29) is 0 Å². The summed E-state index contributed by atoms with van der Waals surface area (Å²) in [5.74, 6) is 0. The van der Waals surface area contributed by atoms with Gasteiger partial charge in [-0.25, -0.2) is 8.42 Å². The molecular weight excluding hydrogens is 308 g/mol. The molecule has 3 nitrogen and oxygen atoms in total. The molecule has 0 spiro atoms. The second-order valence-corrected chi connectivity index (χ2v) is 6.61. The fourth-order valence-electron chi connectivity index (χ4n) is 2.30. The Morgan fingerprint density at radius 2 is 1.43 bits per heavy atom. The molecule has 3 aromatic rings. The summed E-state index contributed by atoms with van der Waals surface area (Å²) < 4.78 is 27.2. The van der Waals surface area contributed by atoms with Crippen molar-refractivity contribution < 1.29 is 13.0 Å². The van der Waals surface area contributed by atoms with Crippen LogP contribution in [-0.2, 0) is 10.1 Å². The minimum atomic E-state index is -3.92. The smallest absolute Gasteiger partial charge is 0.0916 e. The first-order valence-corrected chi connectivity index (χ1v) is 9.36. The van der Waals surface area contributed by atoms with Gasteiger partial charge in [0.25, 0.3) is 0 Å². The molecule has 0 bridgehead atoms. The van der Waals surface area contributed by atoms with Gasteiger partial charge >= 0.3 is 0 Å². The molecule has 0 N–H and O–H groups in total. The van der Waals surface area contributed by atoms with Crippen molar-refractivity contribution in [3.8, 4) is 0 Å². The molecule has 0 aliphatic carbocycles. The molecule has 0 saturated heterocycles. The van der Waals surface area contributed by atoms with Crippen molar-refractivity contribution in [1.29, 1.82) is 0 Å². The zero-order valence-electron chi connectivity index (χ0n) is 14.3. The van der Waals surface area contributed by atoms with Gasteiger partial charge in [0.15, 0.2) is 0 Å². The highest BCUT2D eigenvalue weighted by molar-refractivity contribution is 7.84.